The van der Waals surface area contributed by atoms with Crippen molar-refractivity contribution in [2.24, 2.45) is 5.92 Å². The molecular formula is C31H42N4O6S. The zero-order valence-electron chi connectivity index (χ0n) is 25.1. The van der Waals surface area contributed by atoms with Crippen LogP contribution in [0.2, 0.25) is 0 Å². The van der Waals surface area contributed by atoms with Gasteiger partial charge in [-0.05, 0) is 54.6 Å². The van der Waals surface area contributed by atoms with Crippen LogP contribution in [0.15, 0.2) is 59.8 Å². The number of carbonyl (C=O) groups is 2. The Labute approximate surface area is 249 Å². The first kappa shape index (κ1) is 31.4. The molecule has 2 aromatic carbocycles. The van der Waals surface area contributed by atoms with E-state index in [4.69, 9.17) is 9.47 Å². The molecule has 0 saturated heterocycles. The van der Waals surface area contributed by atoms with Gasteiger partial charge in [0.05, 0.1) is 19.3 Å². The van der Waals surface area contributed by atoms with Gasteiger partial charge in [0.25, 0.3) is 5.91 Å². The molecule has 0 bridgehead atoms. The lowest BCUT2D eigenvalue weighted by Gasteiger charge is -2.35. The molecule has 0 saturated carbocycles. The molecule has 0 spiro atoms. The van der Waals surface area contributed by atoms with Gasteiger partial charge in [-0.25, -0.2) is 8.42 Å². The van der Waals surface area contributed by atoms with Crippen molar-refractivity contribution in [3.63, 3.8) is 0 Å². The number of nitrogens with zero attached hydrogens (tertiary/aromatic N) is 2. The summed E-state index contributed by atoms with van der Waals surface area (Å²) in [5.41, 5.74) is 3.26. The molecule has 0 radical (unpaired) electrons. The topological polar surface area (TPSA) is 117 Å². The largest absolute Gasteiger partial charge is 0.493 e. The molecule has 2 atom stereocenters. The summed E-state index contributed by atoms with van der Waals surface area (Å²) in [6, 6.07) is 13.6. The number of likely N-dealkylation sites (N-methyl/N-ethyl adjacent to an activating group) is 1. The van der Waals surface area contributed by atoms with E-state index in [9.17, 15) is 18.0 Å². The number of amides is 1. The molecule has 10 nitrogen and oxygen atoms in total. The lowest BCUT2D eigenvalue weighted by Crippen LogP contribution is -2.43. The Kier molecular flexibility index (Phi) is 10.2. The van der Waals surface area contributed by atoms with Crippen LogP contribution in [0.5, 0.6) is 5.75 Å². The van der Waals surface area contributed by atoms with E-state index in [1.165, 1.54) is 0 Å². The van der Waals surface area contributed by atoms with Crippen LogP contribution in [-0.4, -0.2) is 68.8 Å². The average molecular weight is 599 g/mol. The zero-order chi connectivity index (χ0) is 30.4. The maximum Gasteiger partial charge on any atom is 0.326 e. The molecule has 2 aromatic rings. The van der Waals surface area contributed by atoms with E-state index < -0.39 is 33.2 Å². The number of esters is 1. The van der Waals surface area contributed by atoms with Crippen molar-refractivity contribution < 1.29 is 27.5 Å². The molecule has 228 valence electrons. The van der Waals surface area contributed by atoms with E-state index in [2.05, 4.69) is 21.9 Å². The van der Waals surface area contributed by atoms with Gasteiger partial charge in [0, 0.05) is 24.8 Å². The number of nitrogens with one attached hydrogen (secondary N) is 2. The van der Waals surface area contributed by atoms with Gasteiger partial charge in [0.2, 0.25) is 10.0 Å². The van der Waals surface area contributed by atoms with Gasteiger partial charge in [-0.15, -0.1) is 0 Å². The van der Waals surface area contributed by atoms with Gasteiger partial charge >= 0.3 is 5.97 Å². The van der Waals surface area contributed by atoms with Crippen LogP contribution in [-0.2, 0) is 31.0 Å². The summed E-state index contributed by atoms with van der Waals surface area (Å²) < 4.78 is 41.2. The van der Waals surface area contributed by atoms with Crippen molar-refractivity contribution in [1.82, 2.24) is 15.1 Å². The van der Waals surface area contributed by atoms with Crippen LogP contribution in [0.4, 0.5) is 5.69 Å². The van der Waals surface area contributed by atoms with Gasteiger partial charge in [-0.3, -0.25) is 19.2 Å². The second kappa shape index (κ2) is 13.6. The number of rotatable bonds is 13. The predicted octanol–water partition coefficient (Wildman–Crippen LogP) is 4.03. The standard InChI is InChI=1S/C31H42N4O6S/c1-6-15-35-18-25-27(32-30(36)28(25)34(5)20-35)24-17-23(13-14-26(24)40-16-7-2)33-42(38,39)29(21(3)4)31(37)41-19-22-11-9-8-10-12-22/h8-14,17,21,27,29,33H,6-7,15-16,18-20H2,1-5H3,(H,32,36)/t27?,29-/m0/s1. The van der Waals surface area contributed by atoms with Gasteiger partial charge in [-0.1, -0.05) is 58.0 Å². The Balaban J connectivity index is 1.63. The Hall–Kier alpha value is -3.57. The molecule has 2 aliphatic heterocycles. The third-order valence-electron chi connectivity index (χ3n) is 7.31. The quantitative estimate of drug-likeness (QED) is 0.332. The number of carbonyl (C=O) groups excluding carboxylic acids is 2. The summed E-state index contributed by atoms with van der Waals surface area (Å²) in [6.45, 7) is 10.1. The normalized spacial score (nSPS) is 18.1. The fourth-order valence-corrected chi connectivity index (χ4v) is 7.14. The molecule has 2 aliphatic rings. The van der Waals surface area contributed by atoms with E-state index in [0.29, 0.717) is 36.8 Å². The number of anilines is 1. The first-order valence-electron chi connectivity index (χ1n) is 14.5. The Morgan fingerprint density at radius 1 is 1.12 bits per heavy atom. The summed E-state index contributed by atoms with van der Waals surface area (Å²) in [5.74, 6) is -0.955. The fourth-order valence-electron chi connectivity index (χ4n) is 5.52. The zero-order valence-corrected chi connectivity index (χ0v) is 25.9. The lowest BCUT2D eigenvalue weighted by molar-refractivity contribution is -0.145. The number of benzene rings is 2. The molecule has 4 rings (SSSR count). The van der Waals surface area contributed by atoms with Crippen LogP contribution in [0, 0.1) is 5.92 Å². The first-order valence-corrected chi connectivity index (χ1v) is 16.1. The summed E-state index contributed by atoms with van der Waals surface area (Å²) in [6.07, 6.45) is 1.77. The van der Waals surface area contributed by atoms with E-state index in [0.717, 1.165) is 30.5 Å². The Morgan fingerprint density at radius 3 is 2.52 bits per heavy atom. The van der Waals surface area contributed by atoms with Gasteiger partial charge in [0.15, 0.2) is 5.25 Å². The maximum absolute atomic E-state index is 13.6. The highest BCUT2D eigenvalue weighted by molar-refractivity contribution is 7.94. The van der Waals surface area contributed by atoms with Crippen molar-refractivity contribution in [3.05, 3.63) is 70.9 Å². The van der Waals surface area contributed by atoms with Crippen LogP contribution in [0.25, 0.3) is 0 Å². The van der Waals surface area contributed by atoms with Crippen LogP contribution < -0.4 is 14.8 Å². The molecular weight excluding hydrogens is 556 g/mol. The van der Waals surface area contributed by atoms with E-state index in [1.54, 1.807) is 32.0 Å². The molecule has 42 heavy (non-hydrogen) atoms. The monoisotopic (exact) mass is 598 g/mol. The SMILES string of the molecule is CCCOc1ccc(NS(=O)(=O)[C@H](C(=O)OCc2ccccc2)C(C)C)cc1C1NC(=O)C2=C1CN(CCC)CN2C. The van der Waals surface area contributed by atoms with Crippen molar-refractivity contribution in [3.8, 4) is 5.75 Å². The predicted molar refractivity (Wildman–Crippen MR) is 162 cm³/mol. The number of ether oxygens (including phenoxy) is 2. The molecule has 1 amide bonds. The molecule has 11 heteroatoms. The summed E-state index contributed by atoms with van der Waals surface area (Å²) in [5, 5.41) is 1.67. The summed E-state index contributed by atoms with van der Waals surface area (Å²) in [4.78, 5) is 30.3. The number of hydrogen-bond donors (Lipinski definition) is 2. The minimum absolute atomic E-state index is 0.0195. The van der Waals surface area contributed by atoms with E-state index in [1.807, 2.05) is 49.2 Å². The summed E-state index contributed by atoms with van der Waals surface area (Å²) >= 11 is 0. The first-order chi connectivity index (χ1) is 20.1. The minimum Gasteiger partial charge on any atom is -0.493 e. The Bertz CT molecular complexity index is 1410. The van der Waals surface area contributed by atoms with Crippen molar-refractivity contribution in [1.29, 1.82) is 0 Å². The molecule has 2 heterocycles. The molecule has 0 fully saturated rings. The molecule has 2 N–H and O–H groups in total. The van der Waals surface area contributed by atoms with Crippen molar-refractivity contribution in [2.75, 3.05) is 38.1 Å². The number of sulfonamides is 1. The van der Waals surface area contributed by atoms with Gasteiger partial charge in [0.1, 0.15) is 18.1 Å². The number of hydrogen-bond acceptors (Lipinski definition) is 8. The molecule has 0 aromatic heterocycles. The van der Waals surface area contributed by atoms with Gasteiger partial charge < -0.3 is 19.7 Å². The van der Waals surface area contributed by atoms with Crippen LogP contribution in [0.1, 0.15) is 57.7 Å². The van der Waals surface area contributed by atoms with E-state index in [-0.39, 0.29) is 18.2 Å². The highest BCUT2D eigenvalue weighted by Crippen LogP contribution is 2.40. The van der Waals surface area contributed by atoms with E-state index >= 15 is 0 Å². The van der Waals surface area contributed by atoms with Crippen molar-refractivity contribution in [2.45, 2.75) is 58.4 Å². The second-order valence-electron chi connectivity index (χ2n) is 11.2. The van der Waals surface area contributed by atoms with Crippen LogP contribution >= 0.6 is 0 Å². The van der Waals surface area contributed by atoms with Crippen molar-refractivity contribution >= 4 is 27.6 Å². The Morgan fingerprint density at radius 2 is 1.86 bits per heavy atom. The second-order valence-corrected chi connectivity index (χ2v) is 13.0. The fraction of sp³-hybridized carbons (Fsp3) is 0.484. The third kappa shape index (κ3) is 7.07. The molecule has 1 unspecified atom stereocenters. The summed E-state index contributed by atoms with van der Waals surface area (Å²) in [7, 11) is -2.28. The third-order valence-corrected chi connectivity index (χ3v) is 9.23. The van der Waals surface area contributed by atoms with Crippen LogP contribution in [0.3, 0.4) is 0 Å². The minimum atomic E-state index is -4.19. The maximum atomic E-state index is 13.6. The smallest absolute Gasteiger partial charge is 0.326 e. The average Bonchev–Trinajstić information content (AvgIpc) is 3.27. The van der Waals surface area contributed by atoms with Gasteiger partial charge in [-0.2, -0.15) is 0 Å². The highest BCUT2D eigenvalue weighted by atomic mass is 32.2. The highest BCUT2D eigenvalue weighted by Gasteiger charge is 2.41. The lowest BCUT2D eigenvalue weighted by atomic mass is 9.96. The molecule has 0 aliphatic carbocycles.